The first-order valence-electron chi connectivity index (χ1n) is 7.51. The standard InChI is InChI=1S/C15H18ClN3O5/c1-2-18(8-14(20)21)12-6-11(7-12)17-15(22)9-3-10(16)5-13(4-9)19(23)24/h3-5,11-12H,2,6-8H2,1H3,(H,17,22)(H,20,21). The predicted molar refractivity (Wildman–Crippen MR) is 87.3 cm³/mol. The molecule has 0 bridgehead atoms. The molecule has 0 heterocycles. The first-order valence-corrected chi connectivity index (χ1v) is 7.89. The zero-order valence-electron chi connectivity index (χ0n) is 13.1. The molecule has 0 saturated heterocycles. The molecule has 0 radical (unpaired) electrons. The van der Waals surface area contributed by atoms with Gasteiger partial charge in [-0.2, -0.15) is 0 Å². The van der Waals surface area contributed by atoms with Gasteiger partial charge in [-0.05, 0) is 25.5 Å². The molecule has 1 aliphatic carbocycles. The fraction of sp³-hybridized carbons (Fsp3) is 0.467. The molecule has 1 aromatic carbocycles. The van der Waals surface area contributed by atoms with Gasteiger partial charge in [0.2, 0.25) is 0 Å². The summed E-state index contributed by atoms with van der Waals surface area (Å²) in [6.07, 6.45) is 1.30. The molecule has 8 nitrogen and oxygen atoms in total. The molecule has 9 heteroatoms. The van der Waals surface area contributed by atoms with Crippen molar-refractivity contribution in [3.05, 3.63) is 38.9 Å². The van der Waals surface area contributed by atoms with Crippen molar-refractivity contribution in [3.8, 4) is 0 Å². The number of likely N-dealkylation sites (N-methyl/N-ethyl adjacent to an activating group) is 1. The van der Waals surface area contributed by atoms with Crippen LogP contribution in [0.5, 0.6) is 0 Å². The van der Waals surface area contributed by atoms with E-state index >= 15 is 0 Å². The van der Waals surface area contributed by atoms with Gasteiger partial charge in [0.1, 0.15) is 0 Å². The second kappa shape index (κ2) is 7.59. The van der Waals surface area contributed by atoms with E-state index in [0.29, 0.717) is 19.4 Å². The molecule has 1 aliphatic rings. The highest BCUT2D eigenvalue weighted by Crippen LogP contribution is 2.26. The van der Waals surface area contributed by atoms with Crippen LogP contribution in [-0.4, -0.2) is 52.0 Å². The van der Waals surface area contributed by atoms with Gasteiger partial charge in [0.15, 0.2) is 0 Å². The van der Waals surface area contributed by atoms with Crippen LogP contribution in [0.3, 0.4) is 0 Å². The summed E-state index contributed by atoms with van der Waals surface area (Å²) in [6.45, 7) is 2.49. The second-order valence-electron chi connectivity index (χ2n) is 5.71. The number of nitrogens with zero attached hydrogens (tertiary/aromatic N) is 2. The molecule has 1 aromatic rings. The van der Waals surface area contributed by atoms with E-state index in [2.05, 4.69) is 5.32 Å². The minimum atomic E-state index is -0.879. The maximum Gasteiger partial charge on any atom is 0.317 e. The van der Waals surface area contributed by atoms with Crippen molar-refractivity contribution in [2.75, 3.05) is 13.1 Å². The molecule has 1 amide bonds. The van der Waals surface area contributed by atoms with E-state index in [1.165, 1.54) is 18.2 Å². The van der Waals surface area contributed by atoms with E-state index < -0.39 is 16.8 Å². The number of nitrogens with one attached hydrogen (secondary N) is 1. The number of non-ortho nitro benzene ring substituents is 1. The lowest BCUT2D eigenvalue weighted by molar-refractivity contribution is -0.384. The van der Waals surface area contributed by atoms with Crippen LogP contribution in [0.15, 0.2) is 18.2 Å². The van der Waals surface area contributed by atoms with Gasteiger partial charge < -0.3 is 10.4 Å². The number of nitro benzene ring substituents is 1. The third-order valence-electron chi connectivity index (χ3n) is 4.06. The van der Waals surface area contributed by atoms with Crippen LogP contribution in [0, 0.1) is 10.1 Å². The first kappa shape index (κ1) is 18.2. The van der Waals surface area contributed by atoms with Crippen LogP contribution in [0.4, 0.5) is 5.69 Å². The highest BCUT2D eigenvalue weighted by molar-refractivity contribution is 6.31. The fourth-order valence-electron chi connectivity index (χ4n) is 2.76. The Balaban J connectivity index is 1.93. The smallest absolute Gasteiger partial charge is 0.317 e. The maximum absolute atomic E-state index is 12.2. The van der Waals surface area contributed by atoms with Crippen LogP contribution >= 0.6 is 11.6 Å². The van der Waals surface area contributed by atoms with Gasteiger partial charge in [0.05, 0.1) is 11.5 Å². The summed E-state index contributed by atoms with van der Waals surface area (Å²) in [7, 11) is 0. The largest absolute Gasteiger partial charge is 0.480 e. The van der Waals surface area contributed by atoms with Crippen molar-refractivity contribution in [2.45, 2.75) is 31.8 Å². The Morgan fingerprint density at radius 2 is 2.08 bits per heavy atom. The Morgan fingerprint density at radius 1 is 1.42 bits per heavy atom. The van der Waals surface area contributed by atoms with E-state index in [1.54, 1.807) is 0 Å². The van der Waals surface area contributed by atoms with Crippen LogP contribution in [0.25, 0.3) is 0 Å². The summed E-state index contributed by atoms with van der Waals surface area (Å²) < 4.78 is 0. The van der Waals surface area contributed by atoms with E-state index in [1.807, 2.05) is 11.8 Å². The molecule has 0 spiro atoms. The summed E-state index contributed by atoms with van der Waals surface area (Å²) in [5.74, 6) is -1.30. The van der Waals surface area contributed by atoms with Crippen LogP contribution in [-0.2, 0) is 4.79 Å². The van der Waals surface area contributed by atoms with Crippen molar-refractivity contribution in [1.29, 1.82) is 0 Å². The summed E-state index contributed by atoms with van der Waals surface area (Å²) in [6, 6.07) is 3.78. The minimum absolute atomic E-state index is 0.0255. The Labute approximate surface area is 143 Å². The molecular formula is C15H18ClN3O5. The summed E-state index contributed by atoms with van der Waals surface area (Å²) in [5, 5.41) is 22.6. The first-order chi connectivity index (χ1) is 11.3. The Hall–Kier alpha value is -2.19. The van der Waals surface area contributed by atoms with Crippen molar-refractivity contribution >= 4 is 29.2 Å². The van der Waals surface area contributed by atoms with E-state index in [-0.39, 0.29) is 34.9 Å². The molecule has 1 saturated carbocycles. The number of aliphatic carboxylic acids is 1. The number of amides is 1. The van der Waals surface area contributed by atoms with Crippen molar-refractivity contribution in [1.82, 2.24) is 10.2 Å². The highest BCUT2D eigenvalue weighted by atomic mass is 35.5. The third-order valence-corrected chi connectivity index (χ3v) is 4.28. The van der Waals surface area contributed by atoms with E-state index in [4.69, 9.17) is 16.7 Å². The van der Waals surface area contributed by atoms with E-state index in [9.17, 15) is 19.7 Å². The van der Waals surface area contributed by atoms with Crippen LogP contribution < -0.4 is 5.32 Å². The van der Waals surface area contributed by atoms with Gasteiger partial charge in [-0.15, -0.1) is 0 Å². The molecule has 0 atom stereocenters. The van der Waals surface area contributed by atoms with Gasteiger partial charge in [0, 0.05) is 34.8 Å². The number of carboxylic acid groups (broad SMARTS) is 1. The van der Waals surface area contributed by atoms with Gasteiger partial charge in [-0.25, -0.2) is 0 Å². The SMILES string of the molecule is CCN(CC(=O)O)C1CC(NC(=O)c2cc(Cl)cc([N+](=O)[O-])c2)C1. The normalized spacial score (nSPS) is 19.6. The van der Waals surface area contributed by atoms with Crippen molar-refractivity contribution < 1.29 is 19.6 Å². The number of rotatable bonds is 7. The third kappa shape index (κ3) is 4.42. The number of hydrogen-bond donors (Lipinski definition) is 2. The Bertz CT molecular complexity index is 661. The zero-order valence-corrected chi connectivity index (χ0v) is 13.8. The lowest BCUT2D eigenvalue weighted by atomic mass is 9.85. The second-order valence-corrected chi connectivity index (χ2v) is 6.14. The van der Waals surface area contributed by atoms with Gasteiger partial charge in [-0.3, -0.25) is 24.6 Å². The van der Waals surface area contributed by atoms with Crippen molar-refractivity contribution in [2.24, 2.45) is 0 Å². The Kier molecular flexibility index (Phi) is 5.74. The molecule has 0 aliphatic heterocycles. The molecular weight excluding hydrogens is 338 g/mol. The number of halogens is 1. The van der Waals surface area contributed by atoms with Crippen LogP contribution in [0.2, 0.25) is 5.02 Å². The summed E-state index contributed by atoms with van der Waals surface area (Å²) in [4.78, 5) is 35.1. The monoisotopic (exact) mass is 355 g/mol. The van der Waals surface area contributed by atoms with Gasteiger partial charge in [0.25, 0.3) is 11.6 Å². The molecule has 0 aromatic heterocycles. The molecule has 1 fully saturated rings. The number of hydrogen-bond acceptors (Lipinski definition) is 5. The maximum atomic E-state index is 12.2. The van der Waals surface area contributed by atoms with Gasteiger partial charge >= 0.3 is 5.97 Å². The predicted octanol–water partition coefficient (Wildman–Crippen LogP) is 1.92. The number of benzene rings is 1. The summed E-state index contributed by atoms with van der Waals surface area (Å²) in [5.41, 5.74) is -0.103. The average molecular weight is 356 g/mol. The lowest BCUT2D eigenvalue weighted by Crippen LogP contribution is -2.54. The van der Waals surface area contributed by atoms with Crippen LogP contribution in [0.1, 0.15) is 30.1 Å². The molecule has 130 valence electrons. The number of nitro groups is 1. The molecule has 24 heavy (non-hydrogen) atoms. The molecule has 2 N–H and O–H groups in total. The van der Waals surface area contributed by atoms with Gasteiger partial charge in [-0.1, -0.05) is 18.5 Å². The quantitative estimate of drug-likeness (QED) is 0.570. The van der Waals surface area contributed by atoms with Crippen molar-refractivity contribution in [3.63, 3.8) is 0 Å². The number of carboxylic acids is 1. The zero-order chi connectivity index (χ0) is 17.9. The fourth-order valence-corrected chi connectivity index (χ4v) is 2.99. The summed E-state index contributed by atoms with van der Waals surface area (Å²) >= 11 is 5.81. The number of carbonyl (C=O) groups is 2. The molecule has 0 unspecified atom stereocenters. The molecule has 2 rings (SSSR count). The minimum Gasteiger partial charge on any atom is -0.480 e. The average Bonchev–Trinajstić information content (AvgIpc) is 2.47. The topological polar surface area (TPSA) is 113 Å². The highest BCUT2D eigenvalue weighted by Gasteiger charge is 2.34. The Morgan fingerprint density at radius 3 is 2.62 bits per heavy atom. The van der Waals surface area contributed by atoms with E-state index in [0.717, 1.165) is 0 Å². The number of carbonyl (C=O) groups excluding carboxylic acids is 1. The lowest BCUT2D eigenvalue weighted by Gasteiger charge is -2.42.